The van der Waals surface area contributed by atoms with Crippen molar-refractivity contribution < 1.29 is 13.2 Å². The van der Waals surface area contributed by atoms with Crippen molar-refractivity contribution in [2.45, 2.75) is 32.7 Å². The SMILES string of the molecule is Cc1cc(C)cc(NC(=S)N(CCCN2CCOCC2)[C@H]2CCS(=O)(=O)C2)c1. The highest BCUT2D eigenvalue weighted by molar-refractivity contribution is 7.91. The molecule has 2 heterocycles. The van der Waals surface area contributed by atoms with Gasteiger partial charge < -0.3 is 15.0 Å². The quantitative estimate of drug-likeness (QED) is 0.701. The van der Waals surface area contributed by atoms with Crippen molar-refractivity contribution in [2.75, 3.05) is 56.2 Å². The van der Waals surface area contributed by atoms with E-state index in [1.54, 1.807) is 0 Å². The minimum absolute atomic E-state index is 0.0411. The van der Waals surface area contributed by atoms with Crippen molar-refractivity contribution in [3.8, 4) is 0 Å². The number of rotatable bonds is 6. The van der Waals surface area contributed by atoms with E-state index < -0.39 is 9.84 Å². The van der Waals surface area contributed by atoms with Crippen LogP contribution in [0.1, 0.15) is 24.0 Å². The van der Waals surface area contributed by atoms with E-state index >= 15 is 0 Å². The predicted octanol–water partition coefficient (Wildman–Crippen LogP) is 2.21. The molecule has 1 aromatic rings. The van der Waals surface area contributed by atoms with Gasteiger partial charge in [-0.15, -0.1) is 0 Å². The van der Waals surface area contributed by atoms with Crippen LogP contribution in [0.3, 0.4) is 0 Å². The van der Waals surface area contributed by atoms with Gasteiger partial charge in [0.05, 0.1) is 24.7 Å². The summed E-state index contributed by atoms with van der Waals surface area (Å²) in [6.07, 6.45) is 1.60. The van der Waals surface area contributed by atoms with Gasteiger partial charge in [-0.25, -0.2) is 8.42 Å². The van der Waals surface area contributed by atoms with Crippen LogP contribution in [0.5, 0.6) is 0 Å². The second-order valence-electron chi connectivity index (χ2n) is 7.86. The largest absolute Gasteiger partial charge is 0.379 e. The number of aryl methyl sites for hydroxylation is 2. The van der Waals surface area contributed by atoms with Crippen LogP contribution in [0.15, 0.2) is 18.2 Å². The first-order chi connectivity index (χ1) is 13.3. The molecule has 3 rings (SSSR count). The van der Waals surface area contributed by atoms with Crippen LogP contribution in [-0.2, 0) is 14.6 Å². The Bertz CT molecular complexity index is 772. The Hall–Kier alpha value is -1.22. The third kappa shape index (κ3) is 6.14. The van der Waals surface area contributed by atoms with Gasteiger partial charge in [0.2, 0.25) is 0 Å². The lowest BCUT2D eigenvalue weighted by Crippen LogP contribution is -2.45. The van der Waals surface area contributed by atoms with Crippen molar-refractivity contribution in [1.29, 1.82) is 0 Å². The fraction of sp³-hybridized carbons (Fsp3) is 0.650. The van der Waals surface area contributed by atoms with Crippen LogP contribution in [0, 0.1) is 13.8 Å². The third-order valence-corrected chi connectivity index (χ3v) is 7.45. The van der Waals surface area contributed by atoms with Crippen molar-refractivity contribution in [2.24, 2.45) is 0 Å². The van der Waals surface area contributed by atoms with E-state index in [0.717, 1.165) is 51.5 Å². The molecule has 0 aromatic heterocycles. The normalized spacial score (nSPS) is 22.1. The second kappa shape index (κ2) is 9.52. The maximum absolute atomic E-state index is 12.0. The number of ether oxygens (including phenoxy) is 1. The zero-order chi connectivity index (χ0) is 20.1. The number of anilines is 1. The Balaban J connectivity index is 1.65. The molecule has 2 aliphatic rings. The minimum Gasteiger partial charge on any atom is -0.379 e. The average molecular weight is 426 g/mol. The Morgan fingerprint density at radius 2 is 1.93 bits per heavy atom. The molecule has 2 fully saturated rings. The minimum atomic E-state index is -2.96. The Morgan fingerprint density at radius 3 is 2.54 bits per heavy atom. The lowest BCUT2D eigenvalue weighted by molar-refractivity contribution is 0.0366. The number of morpholine rings is 1. The number of hydrogen-bond acceptors (Lipinski definition) is 5. The molecule has 8 heteroatoms. The van der Waals surface area contributed by atoms with Gasteiger partial charge in [-0.1, -0.05) is 6.07 Å². The molecule has 2 saturated heterocycles. The van der Waals surface area contributed by atoms with Crippen LogP contribution in [0.4, 0.5) is 5.69 Å². The average Bonchev–Trinajstić information content (AvgIpc) is 2.98. The smallest absolute Gasteiger partial charge is 0.173 e. The molecule has 2 aliphatic heterocycles. The molecular formula is C20H31N3O3S2. The summed E-state index contributed by atoms with van der Waals surface area (Å²) in [7, 11) is -2.96. The highest BCUT2D eigenvalue weighted by Crippen LogP contribution is 2.21. The van der Waals surface area contributed by atoms with E-state index in [0.29, 0.717) is 11.5 Å². The van der Waals surface area contributed by atoms with Crippen LogP contribution in [-0.4, -0.2) is 80.3 Å². The van der Waals surface area contributed by atoms with Crippen LogP contribution < -0.4 is 5.32 Å². The summed E-state index contributed by atoms with van der Waals surface area (Å²) in [5.74, 6) is 0.447. The van der Waals surface area contributed by atoms with Crippen molar-refractivity contribution >= 4 is 32.9 Å². The molecule has 0 spiro atoms. The summed E-state index contributed by atoms with van der Waals surface area (Å²) in [6, 6.07) is 6.21. The van der Waals surface area contributed by atoms with Crippen LogP contribution in [0.2, 0.25) is 0 Å². The van der Waals surface area contributed by atoms with Crippen LogP contribution >= 0.6 is 12.2 Å². The second-order valence-corrected chi connectivity index (χ2v) is 10.5. The van der Waals surface area contributed by atoms with Gasteiger partial charge in [-0.2, -0.15) is 0 Å². The van der Waals surface area contributed by atoms with Crippen LogP contribution in [0.25, 0.3) is 0 Å². The van der Waals surface area contributed by atoms with Crippen molar-refractivity contribution in [1.82, 2.24) is 9.80 Å². The highest BCUT2D eigenvalue weighted by atomic mass is 32.2. The molecule has 0 amide bonds. The molecule has 1 atom stereocenters. The molecule has 0 aliphatic carbocycles. The predicted molar refractivity (Wildman–Crippen MR) is 118 cm³/mol. The van der Waals surface area contributed by atoms with E-state index in [2.05, 4.69) is 47.2 Å². The number of benzene rings is 1. The van der Waals surface area contributed by atoms with E-state index in [4.69, 9.17) is 17.0 Å². The first kappa shape index (κ1) is 21.5. The number of hydrogen-bond donors (Lipinski definition) is 1. The number of thiocarbonyl (C=S) groups is 1. The highest BCUT2D eigenvalue weighted by Gasteiger charge is 2.33. The Kier molecular flexibility index (Phi) is 7.31. The topological polar surface area (TPSA) is 61.9 Å². The molecule has 0 bridgehead atoms. The van der Waals surface area contributed by atoms with Crippen molar-refractivity contribution in [3.63, 3.8) is 0 Å². The fourth-order valence-corrected chi connectivity index (χ4v) is 6.09. The Labute approximate surface area is 174 Å². The van der Waals surface area contributed by atoms with Gasteiger partial charge in [0.15, 0.2) is 14.9 Å². The van der Waals surface area contributed by atoms with Gasteiger partial charge in [-0.3, -0.25) is 4.90 Å². The van der Waals surface area contributed by atoms with Crippen molar-refractivity contribution in [3.05, 3.63) is 29.3 Å². The molecule has 1 N–H and O–H groups in total. The first-order valence-corrected chi connectivity index (χ1v) is 12.2. The summed E-state index contributed by atoms with van der Waals surface area (Å²) in [6.45, 7) is 9.36. The monoisotopic (exact) mass is 425 g/mol. The molecule has 28 heavy (non-hydrogen) atoms. The first-order valence-electron chi connectivity index (χ1n) is 9.99. The molecular weight excluding hydrogens is 394 g/mol. The zero-order valence-electron chi connectivity index (χ0n) is 16.8. The fourth-order valence-electron chi connectivity index (χ4n) is 4.00. The van der Waals surface area contributed by atoms with Gasteiger partial charge >= 0.3 is 0 Å². The summed E-state index contributed by atoms with van der Waals surface area (Å²) in [4.78, 5) is 4.49. The van der Waals surface area contributed by atoms with Gasteiger partial charge in [0.25, 0.3) is 0 Å². The lowest BCUT2D eigenvalue weighted by atomic mass is 10.1. The number of sulfone groups is 1. The number of nitrogens with zero attached hydrogens (tertiary/aromatic N) is 2. The maximum Gasteiger partial charge on any atom is 0.173 e. The van der Waals surface area contributed by atoms with E-state index in [-0.39, 0.29) is 17.5 Å². The third-order valence-electron chi connectivity index (χ3n) is 5.36. The summed E-state index contributed by atoms with van der Waals surface area (Å²) in [5.41, 5.74) is 3.31. The van der Waals surface area contributed by atoms with Gasteiger partial charge in [0.1, 0.15) is 0 Å². The summed E-state index contributed by atoms with van der Waals surface area (Å²) < 4.78 is 29.5. The van der Waals surface area contributed by atoms with Gasteiger partial charge in [0, 0.05) is 37.9 Å². The van der Waals surface area contributed by atoms with E-state index in [9.17, 15) is 8.42 Å². The Morgan fingerprint density at radius 1 is 1.25 bits per heavy atom. The molecule has 6 nitrogen and oxygen atoms in total. The zero-order valence-corrected chi connectivity index (χ0v) is 18.4. The number of nitrogens with one attached hydrogen (secondary N) is 1. The molecule has 1 aromatic carbocycles. The van der Waals surface area contributed by atoms with E-state index in [1.165, 1.54) is 11.1 Å². The molecule has 0 unspecified atom stereocenters. The van der Waals surface area contributed by atoms with Gasteiger partial charge in [-0.05, 0) is 62.2 Å². The summed E-state index contributed by atoms with van der Waals surface area (Å²) >= 11 is 5.71. The maximum atomic E-state index is 12.0. The van der Waals surface area contributed by atoms with E-state index in [1.807, 2.05) is 0 Å². The lowest BCUT2D eigenvalue weighted by Gasteiger charge is -2.33. The molecule has 0 saturated carbocycles. The standard InChI is InChI=1S/C20H31N3O3S2/c1-16-12-17(2)14-18(13-16)21-20(27)23(19-4-11-28(24,25)15-19)6-3-5-22-7-9-26-10-8-22/h12-14,19H,3-11,15H2,1-2H3,(H,21,27)/t19-/m0/s1. The molecule has 156 valence electrons. The molecule has 0 radical (unpaired) electrons. The summed E-state index contributed by atoms with van der Waals surface area (Å²) in [5, 5.41) is 3.96.